The lowest BCUT2D eigenvalue weighted by Crippen LogP contribution is -2.27. The van der Waals surface area contributed by atoms with Crippen LogP contribution in [0.3, 0.4) is 0 Å². The highest BCUT2D eigenvalue weighted by atomic mass is 16.2. The first-order chi connectivity index (χ1) is 12.7. The summed E-state index contributed by atoms with van der Waals surface area (Å²) >= 11 is 0. The Morgan fingerprint density at radius 1 is 1.00 bits per heavy atom. The summed E-state index contributed by atoms with van der Waals surface area (Å²) < 4.78 is 2.07. The molecule has 0 radical (unpaired) electrons. The number of nitrogens with zero attached hydrogens (tertiary/aromatic N) is 1. The van der Waals surface area contributed by atoms with Crippen LogP contribution in [0, 0.1) is 0 Å². The molecule has 1 fully saturated rings. The summed E-state index contributed by atoms with van der Waals surface area (Å²) in [5, 5.41) is 7.01. The van der Waals surface area contributed by atoms with Gasteiger partial charge >= 0.3 is 0 Å². The van der Waals surface area contributed by atoms with Crippen LogP contribution in [0.4, 0.5) is 5.69 Å². The summed E-state index contributed by atoms with van der Waals surface area (Å²) in [6.45, 7) is 0.593. The van der Waals surface area contributed by atoms with Gasteiger partial charge in [0.1, 0.15) is 0 Å². The van der Waals surface area contributed by atoms with Crippen molar-refractivity contribution >= 4 is 28.4 Å². The number of fused-ring (bicyclic) bond motifs is 1. The molecule has 0 unspecified atom stereocenters. The largest absolute Gasteiger partial charge is 0.349 e. The zero-order chi connectivity index (χ0) is 17.9. The van der Waals surface area contributed by atoms with Gasteiger partial charge in [0.2, 0.25) is 5.91 Å². The van der Waals surface area contributed by atoms with Crippen LogP contribution in [0.5, 0.6) is 0 Å². The molecule has 1 aliphatic carbocycles. The van der Waals surface area contributed by atoms with E-state index in [0.717, 1.165) is 23.7 Å². The van der Waals surface area contributed by atoms with Gasteiger partial charge in [0.05, 0.1) is 11.3 Å². The van der Waals surface area contributed by atoms with Crippen LogP contribution in [0.25, 0.3) is 10.9 Å². The van der Waals surface area contributed by atoms with E-state index in [2.05, 4.69) is 21.3 Å². The minimum Gasteiger partial charge on any atom is -0.349 e. The van der Waals surface area contributed by atoms with Gasteiger partial charge in [-0.3, -0.25) is 9.59 Å². The summed E-state index contributed by atoms with van der Waals surface area (Å²) in [6, 6.07) is 17.6. The number of nitrogens with one attached hydrogen (secondary N) is 2. The van der Waals surface area contributed by atoms with Crippen molar-refractivity contribution < 1.29 is 9.59 Å². The molecule has 5 heteroatoms. The maximum Gasteiger partial charge on any atom is 0.253 e. The quantitative estimate of drug-likeness (QED) is 0.716. The van der Waals surface area contributed by atoms with Crippen molar-refractivity contribution in [2.45, 2.75) is 31.8 Å². The molecule has 1 heterocycles. The van der Waals surface area contributed by atoms with Crippen molar-refractivity contribution in [1.29, 1.82) is 0 Å². The Balaban J connectivity index is 1.41. The third-order valence-electron chi connectivity index (χ3n) is 4.62. The number of anilines is 1. The van der Waals surface area contributed by atoms with Gasteiger partial charge in [-0.25, -0.2) is 0 Å². The van der Waals surface area contributed by atoms with Crippen LogP contribution >= 0.6 is 0 Å². The van der Waals surface area contributed by atoms with E-state index in [1.54, 1.807) is 12.1 Å². The molecule has 0 atom stereocenters. The molecule has 132 valence electrons. The van der Waals surface area contributed by atoms with E-state index in [0.29, 0.717) is 24.2 Å². The van der Waals surface area contributed by atoms with Crippen molar-refractivity contribution in [3.63, 3.8) is 0 Å². The fraction of sp³-hybridized carbons (Fsp3) is 0.238. The maximum absolute atomic E-state index is 12.4. The summed E-state index contributed by atoms with van der Waals surface area (Å²) in [6.07, 6.45) is 4.41. The molecule has 0 saturated heterocycles. The number of benzene rings is 2. The molecule has 2 N–H and O–H groups in total. The van der Waals surface area contributed by atoms with Crippen LogP contribution in [0.1, 0.15) is 29.6 Å². The normalized spacial score (nSPS) is 13.5. The second-order valence-corrected chi connectivity index (χ2v) is 6.66. The Morgan fingerprint density at radius 2 is 1.77 bits per heavy atom. The van der Waals surface area contributed by atoms with Gasteiger partial charge in [0.15, 0.2) is 0 Å². The van der Waals surface area contributed by atoms with E-state index in [-0.39, 0.29) is 17.9 Å². The summed E-state index contributed by atoms with van der Waals surface area (Å²) in [5.74, 6) is -0.228. The predicted octanol–water partition coefficient (Wildman–Crippen LogP) is 3.56. The fourth-order valence-electron chi connectivity index (χ4n) is 3.05. The zero-order valence-electron chi connectivity index (χ0n) is 14.4. The van der Waals surface area contributed by atoms with E-state index >= 15 is 0 Å². The topological polar surface area (TPSA) is 63.1 Å². The number of aromatic nitrogens is 1. The fourth-order valence-corrected chi connectivity index (χ4v) is 3.05. The Hall–Kier alpha value is -3.08. The predicted molar refractivity (Wildman–Crippen MR) is 102 cm³/mol. The van der Waals surface area contributed by atoms with E-state index < -0.39 is 0 Å². The molecule has 1 aromatic heterocycles. The molecule has 0 spiro atoms. The molecule has 1 saturated carbocycles. The minimum absolute atomic E-state index is 0.102. The van der Waals surface area contributed by atoms with Gasteiger partial charge < -0.3 is 15.2 Å². The molecule has 1 aliphatic rings. The molecule has 2 aromatic carbocycles. The molecular formula is C21H21N3O2. The van der Waals surface area contributed by atoms with Crippen LogP contribution in [-0.2, 0) is 11.3 Å². The minimum atomic E-state index is -0.125. The van der Waals surface area contributed by atoms with E-state index in [9.17, 15) is 9.59 Å². The van der Waals surface area contributed by atoms with Crippen molar-refractivity contribution in [2.24, 2.45) is 0 Å². The number of carbonyl (C=O) groups is 2. The van der Waals surface area contributed by atoms with E-state index in [4.69, 9.17) is 0 Å². The Bertz CT molecular complexity index is 957. The number of hydrogen-bond acceptors (Lipinski definition) is 2. The van der Waals surface area contributed by atoms with Gasteiger partial charge in [-0.2, -0.15) is 0 Å². The number of rotatable bonds is 6. The lowest BCUT2D eigenvalue weighted by atomic mass is 10.1. The number of para-hydroxylation sites is 2. The Kier molecular flexibility index (Phi) is 4.44. The van der Waals surface area contributed by atoms with Crippen molar-refractivity contribution in [1.82, 2.24) is 9.88 Å². The van der Waals surface area contributed by atoms with Crippen molar-refractivity contribution in [2.75, 3.05) is 5.32 Å². The molecule has 26 heavy (non-hydrogen) atoms. The molecule has 0 aliphatic heterocycles. The summed E-state index contributed by atoms with van der Waals surface area (Å²) in [7, 11) is 0. The van der Waals surface area contributed by atoms with Gasteiger partial charge in [-0.05, 0) is 42.5 Å². The smallest absolute Gasteiger partial charge is 0.253 e. The highest BCUT2D eigenvalue weighted by Crippen LogP contribution is 2.22. The Labute approximate surface area is 152 Å². The SMILES string of the molecule is O=C(CCn1ccc2ccccc21)Nc1ccccc1C(=O)NC1CC1. The van der Waals surface area contributed by atoms with E-state index in [1.807, 2.05) is 42.6 Å². The van der Waals surface area contributed by atoms with Crippen LogP contribution in [0.2, 0.25) is 0 Å². The van der Waals surface area contributed by atoms with Gasteiger partial charge in [0, 0.05) is 30.7 Å². The molecule has 4 rings (SSSR count). The zero-order valence-corrected chi connectivity index (χ0v) is 14.4. The van der Waals surface area contributed by atoms with Gasteiger partial charge in [-0.15, -0.1) is 0 Å². The summed E-state index contributed by atoms with van der Waals surface area (Å²) in [5.41, 5.74) is 2.19. The third kappa shape index (κ3) is 3.61. The van der Waals surface area contributed by atoms with Crippen molar-refractivity contribution in [3.05, 3.63) is 66.4 Å². The standard InChI is InChI=1S/C21H21N3O2/c25-20(12-14-24-13-11-15-5-1-4-8-19(15)24)23-18-7-3-2-6-17(18)21(26)22-16-9-10-16/h1-8,11,13,16H,9-10,12,14H2,(H,22,26)(H,23,25). The first kappa shape index (κ1) is 16.4. The monoisotopic (exact) mass is 347 g/mol. The number of amides is 2. The second-order valence-electron chi connectivity index (χ2n) is 6.66. The molecule has 0 bridgehead atoms. The number of carbonyl (C=O) groups excluding carboxylic acids is 2. The lowest BCUT2D eigenvalue weighted by Gasteiger charge is -2.11. The molecule has 2 amide bonds. The van der Waals surface area contributed by atoms with Gasteiger partial charge in [-0.1, -0.05) is 30.3 Å². The average molecular weight is 347 g/mol. The van der Waals surface area contributed by atoms with Crippen molar-refractivity contribution in [3.8, 4) is 0 Å². The molecule has 3 aromatic rings. The van der Waals surface area contributed by atoms with Gasteiger partial charge in [0.25, 0.3) is 5.91 Å². The first-order valence-electron chi connectivity index (χ1n) is 8.94. The second kappa shape index (κ2) is 7.04. The highest BCUT2D eigenvalue weighted by molar-refractivity contribution is 6.03. The highest BCUT2D eigenvalue weighted by Gasteiger charge is 2.24. The number of hydrogen-bond donors (Lipinski definition) is 2. The third-order valence-corrected chi connectivity index (χ3v) is 4.62. The van der Waals surface area contributed by atoms with E-state index in [1.165, 1.54) is 0 Å². The lowest BCUT2D eigenvalue weighted by molar-refractivity contribution is -0.116. The maximum atomic E-state index is 12.4. The summed E-state index contributed by atoms with van der Waals surface area (Å²) in [4.78, 5) is 24.7. The first-order valence-corrected chi connectivity index (χ1v) is 8.94. The van der Waals surface area contributed by atoms with Crippen LogP contribution in [0.15, 0.2) is 60.8 Å². The Morgan fingerprint density at radius 3 is 2.62 bits per heavy atom. The van der Waals surface area contributed by atoms with Crippen LogP contribution in [-0.4, -0.2) is 22.4 Å². The van der Waals surface area contributed by atoms with Crippen LogP contribution < -0.4 is 10.6 Å². The molecular weight excluding hydrogens is 326 g/mol. The molecule has 5 nitrogen and oxygen atoms in total. The average Bonchev–Trinajstić information content (AvgIpc) is 3.37. The number of aryl methyl sites for hydroxylation is 1.